The molecule has 1 aromatic rings. The van der Waals surface area contributed by atoms with Crippen LogP contribution in [0.4, 0.5) is 5.69 Å². The van der Waals surface area contributed by atoms with Crippen LogP contribution in [-0.2, 0) is 19.6 Å². The summed E-state index contributed by atoms with van der Waals surface area (Å²) in [6.45, 7) is 0.949. The van der Waals surface area contributed by atoms with Crippen LogP contribution in [0.1, 0.15) is 12.8 Å². The zero-order chi connectivity index (χ0) is 16.9. The number of nitrogens with one attached hydrogen (secondary N) is 1. The van der Waals surface area contributed by atoms with E-state index in [1.807, 2.05) is 0 Å². The van der Waals surface area contributed by atoms with Crippen LogP contribution < -0.4 is 14.4 Å². The molecule has 1 amide bonds. The number of ether oxygens (including phenoxy) is 2. The van der Waals surface area contributed by atoms with Gasteiger partial charge in [-0.3, -0.25) is 9.10 Å². The van der Waals surface area contributed by atoms with E-state index in [9.17, 15) is 13.2 Å². The van der Waals surface area contributed by atoms with Gasteiger partial charge in [-0.15, -0.1) is 0 Å². The zero-order valence-electron chi connectivity index (χ0n) is 13.3. The van der Waals surface area contributed by atoms with Crippen LogP contribution >= 0.6 is 0 Å². The third-order valence-corrected chi connectivity index (χ3v) is 4.77. The van der Waals surface area contributed by atoms with Gasteiger partial charge in [0.15, 0.2) is 0 Å². The fourth-order valence-electron chi connectivity index (χ4n) is 2.43. The van der Waals surface area contributed by atoms with Crippen LogP contribution in [0.5, 0.6) is 5.75 Å². The highest BCUT2D eigenvalue weighted by atomic mass is 32.2. The number of hydrogen-bond donors (Lipinski definition) is 1. The van der Waals surface area contributed by atoms with Gasteiger partial charge in [0, 0.05) is 19.2 Å². The molecular formula is C15H22N2O5S. The number of benzene rings is 1. The Balaban J connectivity index is 2.00. The lowest BCUT2D eigenvalue weighted by Crippen LogP contribution is -2.41. The number of rotatable bonds is 7. The number of carbonyl (C=O) groups is 1. The van der Waals surface area contributed by atoms with E-state index in [4.69, 9.17) is 9.47 Å². The summed E-state index contributed by atoms with van der Waals surface area (Å²) in [5, 5.41) is 2.72. The van der Waals surface area contributed by atoms with Gasteiger partial charge >= 0.3 is 0 Å². The van der Waals surface area contributed by atoms with Crippen LogP contribution in [0.25, 0.3) is 0 Å². The van der Waals surface area contributed by atoms with Gasteiger partial charge in [0.1, 0.15) is 11.9 Å². The molecule has 0 aromatic heterocycles. The molecule has 1 unspecified atom stereocenters. The van der Waals surface area contributed by atoms with Crippen LogP contribution in [0.15, 0.2) is 24.3 Å². The second-order valence-corrected chi connectivity index (χ2v) is 7.24. The maximum absolute atomic E-state index is 12.0. The summed E-state index contributed by atoms with van der Waals surface area (Å²) in [5.74, 6) is 0.376. The number of nitrogens with zero attached hydrogens (tertiary/aromatic N) is 1. The first-order valence-electron chi connectivity index (χ1n) is 7.43. The number of methoxy groups -OCH3 is 1. The highest BCUT2D eigenvalue weighted by molar-refractivity contribution is 7.92. The van der Waals surface area contributed by atoms with Crippen molar-refractivity contribution in [1.82, 2.24) is 5.32 Å². The lowest BCUT2D eigenvalue weighted by molar-refractivity contribution is -0.129. The summed E-state index contributed by atoms with van der Waals surface area (Å²) < 4.78 is 35.7. The normalized spacial score (nSPS) is 17.7. The molecule has 8 heteroatoms. The minimum atomic E-state index is -3.46. The van der Waals surface area contributed by atoms with Crippen molar-refractivity contribution in [3.8, 4) is 5.75 Å². The number of sulfonamides is 1. The van der Waals surface area contributed by atoms with Crippen molar-refractivity contribution in [2.75, 3.05) is 37.4 Å². The minimum Gasteiger partial charge on any atom is -0.497 e. The Bertz CT molecular complexity index is 641. The average molecular weight is 342 g/mol. The minimum absolute atomic E-state index is 0.143. The molecule has 0 aliphatic carbocycles. The summed E-state index contributed by atoms with van der Waals surface area (Å²) in [4.78, 5) is 11.9. The zero-order valence-corrected chi connectivity index (χ0v) is 14.1. The summed E-state index contributed by atoms with van der Waals surface area (Å²) in [7, 11) is -1.95. The molecule has 0 saturated carbocycles. The van der Waals surface area contributed by atoms with Gasteiger partial charge < -0.3 is 14.8 Å². The number of amides is 1. The molecule has 1 fully saturated rings. The Kier molecular flexibility index (Phi) is 5.84. The number of carbonyl (C=O) groups excluding carboxylic acids is 1. The highest BCUT2D eigenvalue weighted by Gasteiger charge is 2.24. The first-order valence-corrected chi connectivity index (χ1v) is 9.28. The molecule has 1 aromatic carbocycles. The van der Waals surface area contributed by atoms with E-state index < -0.39 is 16.1 Å². The van der Waals surface area contributed by atoms with Crippen LogP contribution in [-0.4, -0.2) is 53.5 Å². The summed E-state index contributed by atoms with van der Waals surface area (Å²) in [6.07, 6.45) is 2.29. The van der Waals surface area contributed by atoms with Crippen molar-refractivity contribution in [1.29, 1.82) is 0 Å². The van der Waals surface area contributed by atoms with Crippen molar-refractivity contribution in [3.63, 3.8) is 0 Å². The molecule has 0 radical (unpaired) electrons. The fourth-order valence-corrected chi connectivity index (χ4v) is 3.35. The molecule has 1 atom stereocenters. The van der Waals surface area contributed by atoms with E-state index in [0.717, 1.165) is 12.7 Å². The highest BCUT2D eigenvalue weighted by Crippen LogP contribution is 2.22. The molecule has 0 spiro atoms. The number of hydrogen-bond acceptors (Lipinski definition) is 5. The molecule has 0 bridgehead atoms. The van der Waals surface area contributed by atoms with E-state index in [1.165, 1.54) is 11.4 Å². The van der Waals surface area contributed by atoms with Crippen molar-refractivity contribution in [2.24, 2.45) is 0 Å². The van der Waals surface area contributed by atoms with Gasteiger partial charge in [0.2, 0.25) is 15.9 Å². The first-order chi connectivity index (χ1) is 10.9. The molecule has 128 valence electrons. The first kappa shape index (κ1) is 17.6. The Hall–Kier alpha value is -1.80. The maximum atomic E-state index is 12.0. The average Bonchev–Trinajstić information content (AvgIpc) is 3.04. The molecule has 1 aliphatic rings. The summed E-state index contributed by atoms with van der Waals surface area (Å²) >= 11 is 0. The van der Waals surface area contributed by atoms with Crippen molar-refractivity contribution < 1.29 is 22.7 Å². The standard InChI is InChI=1S/C15H22N2O5S/c1-21-13-6-3-5-12(11-13)17(23(2,19)20)9-8-16-15(18)14-7-4-10-22-14/h3,5-6,11,14H,4,7-10H2,1-2H3,(H,16,18). The van der Waals surface area contributed by atoms with Crippen LogP contribution in [0.3, 0.4) is 0 Å². The van der Waals surface area contributed by atoms with E-state index in [1.54, 1.807) is 24.3 Å². The van der Waals surface area contributed by atoms with Gasteiger partial charge in [-0.25, -0.2) is 8.42 Å². The predicted octanol–water partition coefficient (Wildman–Crippen LogP) is 0.756. The van der Waals surface area contributed by atoms with Crippen LogP contribution in [0, 0.1) is 0 Å². The molecule has 1 N–H and O–H groups in total. The Morgan fingerprint density at radius 1 is 1.48 bits per heavy atom. The molecule has 1 heterocycles. The molecule has 1 saturated heterocycles. The Labute approximate surface area is 136 Å². The third-order valence-electron chi connectivity index (χ3n) is 3.58. The maximum Gasteiger partial charge on any atom is 0.249 e. The SMILES string of the molecule is COc1cccc(N(CCNC(=O)C2CCCO2)S(C)(=O)=O)c1. The smallest absolute Gasteiger partial charge is 0.249 e. The van der Waals surface area contributed by atoms with E-state index in [0.29, 0.717) is 24.5 Å². The van der Waals surface area contributed by atoms with Crippen molar-refractivity contribution >= 4 is 21.6 Å². The van der Waals surface area contributed by atoms with Crippen LogP contribution in [0.2, 0.25) is 0 Å². The summed E-state index contributed by atoms with van der Waals surface area (Å²) in [6, 6.07) is 6.79. The van der Waals surface area contributed by atoms with Crippen molar-refractivity contribution in [3.05, 3.63) is 24.3 Å². The van der Waals surface area contributed by atoms with E-state index in [-0.39, 0.29) is 19.0 Å². The lowest BCUT2D eigenvalue weighted by atomic mass is 10.2. The number of anilines is 1. The molecule has 1 aliphatic heterocycles. The Morgan fingerprint density at radius 2 is 2.26 bits per heavy atom. The van der Waals surface area contributed by atoms with Gasteiger partial charge in [-0.2, -0.15) is 0 Å². The fraction of sp³-hybridized carbons (Fsp3) is 0.533. The quantitative estimate of drug-likeness (QED) is 0.791. The predicted molar refractivity (Wildman–Crippen MR) is 87.2 cm³/mol. The largest absolute Gasteiger partial charge is 0.497 e. The van der Waals surface area contributed by atoms with Gasteiger partial charge in [-0.1, -0.05) is 6.07 Å². The van der Waals surface area contributed by atoms with E-state index in [2.05, 4.69) is 5.32 Å². The summed E-state index contributed by atoms with van der Waals surface area (Å²) in [5.41, 5.74) is 0.498. The van der Waals surface area contributed by atoms with Crippen molar-refractivity contribution in [2.45, 2.75) is 18.9 Å². The monoisotopic (exact) mass is 342 g/mol. The van der Waals surface area contributed by atoms with Gasteiger partial charge in [0.05, 0.1) is 25.6 Å². The van der Waals surface area contributed by atoms with E-state index >= 15 is 0 Å². The second kappa shape index (κ2) is 7.65. The topological polar surface area (TPSA) is 84.9 Å². The molecule has 23 heavy (non-hydrogen) atoms. The van der Waals surface area contributed by atoms with Gasteiger partial charge in [-0.05, 0) is 25.0 Å². The molecular weight excluding hydrogens is 320 g/mol. The second-order valence-electron chi connectivity index (χ2n) is 5.33. The molecule has 2 rings (SSSR count). The third kappa shape index (κ3) is 4.84. The molecule has 7 nitrogen and oxygen atoms in total. The lowest BCUT2D eigenvalue weighted by Gasteiger charge is -2.23. The Morgan fingerprint density at radius 3 is 2.87 bits per heavy atom. The van der Waals surface area contributed by atoms with Gasteiger partial charge in [0.25, 0.3) is 0 Å².